The Labute approximate surface area is 181 Å². The van der Waals surface area contributed by atoms with E-state index >= 15 is 0 Å². The highest BCUT2D eigenvalue weighted by molar-refractivity contribution is 7.89. The first kappa shape index (κ1) is 20.3. The molecule has 4 rings (SSSR count). The van der Waals surface area contributed by atoms with E-state index in [0.29, 0.717) is 5.02 Å². The quantitative estimate of drug-likeness (QED) is 0.412. The molecular weight excluding hydrogens is 418 g/mol. The highest BCUT2D eigenvalue weighted by atomic mass is 35.5. The Kier molecular flexibility index (Phi) is 5.99. The molecular formula is C23H20ClN3O2S. The topological polar surface area (TPSA) is 55.2 Å². The van der Waals surface area contributed by atoms with Crippen LogP contribution in [-0.4, -0.2) is 22.5 Å². The summed E-state index contributed by atoms with van der Waals surface area (Å²) in [7, 11) is -3.71. The largest absolute Gasteiger partial charge is 0.243 e. The number of aromatic nitrogens is 2. The number of benzene rings is 3. The fraction of sp³-hybridized carbons (Fsp3) is 0.0870. The van der Waals surface area contributed by atoms with Gasteiger partial charge < -0.3 is 0 Å². The third-order valence-electron chi connectivity index (χ3n) is 4.72. The van der Waals surface area contributed by atoms with Gasteiger partial charge in [0.2, 0.25) is 10.0 Å². The van der Waals surface area contributed by atoms with Crippen LogP contribution in [0.25, 0.3) is 5.69 Å². The normalized spacial score (nSPS) is 11.7. The summed E-state index contributed by atoms with van der Waals surface area (Å²) in [5.41, 5.74) is 2.72. The molecule has 0 unspecified atom stereocenters. The standard InChI is InChI=1S/C23H20ClN3O2S/c24-21-9-13-23(14-10-21)30(28,29)26(17-19-5-2-1-3-6-19)18-20-7-11-22(12-8-20)27-16-4-15-25-27/h1-16H,17-18H2. The lowest BCUT2D eigenvalue weighted by atomic mass is 10.2. The van der Waals surface area contributed by atoms with Gasteiger partial charge in [-0.15, -0.1) is 0 Å². The minimum Gasteiger partial charge on any atom is -0.241 e. The summed E-state index contributed by atoms with van der Waals surface area (Å²) in [5, 5.41) is 4.72. The molecule has 4 aromatic rings. The van der Waals surface area contributed by atoms with Crippen LogP contribution in [0.1, 0.15) is 11.1 Å². The van der Waals surface area contributed by atoms with Crippen molar-refractivity contribution >= 4 is 21.6 Å². The van der Waals surface area contributed by atoms with Crippen molar-refractivity contribution in [3.8, 4) is 5.69 Å². The molecule has 0 bridgehead atoms. The summed E-state index contributed by atoms with van der Waals surface area (Å²) < 4.78 is 30.0. The molecule has 0 amide bonds. The minimum atomic E-state index is -3.71. The van der Waals surface area contributed by atoms with Crippen LogP contribution in [0, 0.1) is 0 Å². The lowest BCUT2D eigenvalue weighted by Crippen LogP contribution is -2.30. The number of rotatable bonds is 7. The molecule has 30 heavy (non-hydrogen) atoms. The van der Waals surface area contributed by atoms with Gasteiger partial charge in [0.1, 0.15) is 0 Å². The molecule has 1 heterocycles. The van der Waals surface area contributed by atoms with E-state index in [1.807, 2.05) is 66.9 Å². The van der Waals surface area contributed by atoms with Crippen LogP contribution in [0.2, 0.25) is 5.02 Å². The van der Waals surface area contributed by atoms with Gasteiger partial charge in [-0.1, -0.05) is 54.1 Å². The first-order valence-electron chi connectivity index (χ1n) is 9.41. The Hall–Kier alpha value is -2.93. The van der Waals surface area contributed by atoms with Crippen molar-refractivity contribution in [2.45, 2.75) is 18.0 Å². The molecule has 0 spiro atoms. The van der Waals surface area contributed by atoms with E-state index in [9.17, 15) is 8.42 Å². The second kappa shape index (κ2) is 8.83. The van der Waals surface area contributed by atoms with Crippen molar-refractivity contribution in [2.75, 3.05) is 0 Å². The maximum Gasteiger partial charge on any atom is 0.243 e. The van der Waals surface area contributed by atoms with E-state index < -0.39 is 10.0 Å². The van der Waals surface area contributed by atoms with Crippen molar-refractivity contribution < 1.29 is 8.42 Å². The molecule has 0 aliphatic heterocycles. The van der Waals surface area contributed by atoms with Gasteiger partial charge in [0.05, 0.1) is 10.6 Å². The average molecular weight is 438 g/mol. The van der Waals surface area contributed by atoms with Crippen LogP contribution in [0.4, 0.5) is 0 Å². The molecule has 152 valence electrons. The lowest BCUT2D eigenvalue weighted by molar-refractivity contribution is 0.401. The van der Waals surface area contributed by atoms with Crippen LogP contribution in [0.5, 0.6) is 0 Å². The first-order chi connectivity index (χ1) is 14.5. The van der Waals surface area contributed by atoms with Crippen molar-refractivity contribution in [2.24, 2.45) is 0 Å². The number of hydrogen-bond donors (Lipinski definition) is 0. The molecule has 0 saturated carbocycles. The number of hydrogen-bond acceptors (Lipinski definition) is 3. The average Bonchev–Trinajstić information content (AvgIpc) is 3.30. The molecule has 0 radical (unpaired) electrons. The molecule has 0 atom stereocenters. The minimum absolute atomic E-state index is 0.219. The van der Waals surface area contributed by atoms with Gasteiger partial charge in [0.15, 0.2) is 0 Å². The summed E-state index contributed by atoms with van der Waals surface area (Å²) in [6.07, 6.45) is 3.58. The molecule has 1 aromatic heterocycles. The number of nitrogens with zero attached hydrogens (tertiary/aromatic N) is 3. The van der Waals surface area contributed by atoms with E-state index in [-0.39, 0.29) is 18.0 Å². The Balaban J connectivity index is 1.64. The van der Waals surface area contributed by atoms with Crippen LogP contribution >= 0.6 is 11.6 Å². The summed E-state index contributed by atoms with van der Waals surface area (Å²) in [6, 6.07) is 25.4. The molecule has 0 aliphatic carbocycles. The zero-order chi connectivity index (χ0) is 21.0. The Bertz CT molecular complexity index is 1190. The van der Waals surface area contributed by atoms with Crippen LogP contribution in [-0.2, 0) is 23.1 Å². The smallest absolute Gasteiger partial charge is 0.241 e. The Morgan fingerprint density at radius 1 is 0.800 bits per heavy atom. The summed E-state index contributed by atoms with van der Waals surface area (Å²) >= 11 is 5.94. The summed E-state index contributed by atoms with van der Waals surface area (Å²) in [4.78, 5) is 0.219. The number of sulfonamides is 1. The van der Waals surface area contributed by atoms with E-state index in [1.165, 1.54) is 16.4 Å². The molecule has 0 saturated heterocycles. The predicted molar refractivity (Wildman–Crippen MR) is 118 cm³/mol. The van der Waals surface area contributed by atoms with Gasteiger partial charge in [-0.25, -0.2) is 13.1 Å². The van der Waals surface area contributed by atoms with E-state index in [1.54, 1.807) is 23.0 Å². The second-order valence-electron chi connectivity index (χ2n) is 6.83. The summed E-state index contributed by atoms with van der Waals surface area (Å²) in [5.74, 6) is 0. The Morgan fingerprint density at radius 3 is 2.03 bits per heavy atom. The van der Waals surface area contributed by atoms with E-state index in [0.717, 1.165) is 16.8 Å². The van der Waals surface area contributed by atoms with Gasteiger partial charge in [0.25, 0.3) is 0 Å². The van der Waals surface area contributed by atoms with Gasteiger partial charge in [-0.2, -0.15) is 9.40 Å². The molecule has 0 N–H and O–H groups in total. The van der Waals surface area contributed by atoms with Crippen LogP contribution in [0.3, 0.4) is 0 Å². The summed E-state index contributed by atoms with van der Waals surface area (Å²) in [6.45, 7) is 0.520. The second-order valence-corrected chi connectivity index (χ2v) is 9.20. The van der Waals surface area contributed by atoms with Gasteiger partial charge in [-0.05, 0) is 53.6 Å². The third-order valence-corrected chi connectivity index (χ3v) is 6.78. The van der Waals surface area contributed by atoms with Crippen LogP contribution in [0.15, 0.2) is 102 Å². The lowest BCUT2D eigenvalue weighted by Gasteiger charge is -2.23. The van der Waals surface area contributed by atoms with Gasteiger partial charge in [0, 0.05) is 30.5 Å². The molecule has 0 fully saturated rings. The maximum atomic E-state index is 13.4. The fourth-order valence-corrected chi connectivity index (χ4v) is 4.69. The van der Waals surface area contributed by atoms with E-state index in [2.05, 4.69) is 5.10 Å². The van der Waals surface area contributed by atoms with Gasteiger partial charge in [-0.3, -0.25) is 0 Å². The monoisotopic (exact) mass is 437 g/mol. The zero-order valence-electron chi connectivity index (χ0n) is 16.1. The molecule has 7 heteroatoms. The van der Waals surface area contributed by atoms with Crippen molar-refractivity contribution in [3.05, 3.63) is 113 Å². The SMILES string of the molecule is O=S(=O)(c1ccc(Cl)cc1)N(Cc1ccccc1)Cc1ccc(-n2cccn2)cc1. The molecule has 5 nitrogen and oxygen atoms in total. The Morgan fingerprint density at radius 2 is 1.43 bits per heavy atom. The first-order valence-corrected chi connectivity index (χ1v) is 11.2. The maximum absolute atomic E-state index is 13.4. The zero-order valence-corrected chi connectivity index (χ0v) is 17.7. The number of halogens is 1. The third kappa shape index (κ3) is 4.62. The van der Waals surface area contributed by atoms with Crippen molar-refractivity contribution in [1.29, 1.82) is 0 Å². The predicted octanol–water partition coefficient (Wildman–Crippen LogP) is 4.92. The molecule has 3 aromatic carbocycles. The van der Waals surface area contributed by atoms with Crippen LogP contribution < -0.4 is 0 Å². The highest BCUT2D eigenvalue weighted by Crippen LogP contribution is 2.23. The van der Waals surface area contributed by atoms with Crippen molar-refractivity contribution in [1.82, 2.24) is 14.1 Å². The fourth-order valence-electron chi connectivity index (χ4n) is 3.15. The highest BCUT2D eigenvalue weighted by Gasteiger charge is 2.25. The molecule has 0 aliphatic rings. The van der Waals surface area contributed by atoms with E-state index in [4.69, 9.17) is 11.6 Å². The van der Waals surface area contributed by atoms with Crippen molar-refractivity contribution in [3.63, 3.8) is 0 Å². The van der Waals surface area contributed by atoms with Gasteiger partial charge >= 0.3 is 0 Å².